The molecule has 0 saturated heterocycles. The van der Waals surface area contributed by atoms with Crippen molar-refractivity contribution >= 4 is 29.0 Å². The second kappa shape index (κ2) is 6.07. The molecule has 1 unspecified atom stereocenters. The number of nitrogens with zero attached hydrogens (tertiary/aromatic N) is 1. The van der Waals surface area contributed by atoms with Crippen molar-refractivity contribution in [1.29, 1.82) is 0 Å². The molecule has 2 rings (SSSR count). The first-order valence-corrected chi connectivity index (χ1v) is 7.58. The molecule has 0 bridgehead atoms. The predicted molar refractivity (Wildman–Crippen MR) is 75.8 cm³/mol. The molecule has 2 aromatic heterocycles. The average Bonchev–Trinajstić information content (AvgIpc) is 2.98. The van der Waals surface area contributed by atoms with E-state index < -0.39 is 0 Å². The Kier molecular flexibility index (Phi) is 4.43. The summed E-state index contributed by atoms with van der Waals surface area (Å²) >= 11 is 3.16. The molecule has 0 radical (unpaired) electrons. The summed E-state index contributed by atoms with van der Waals surface area (Å²) in [5.74, 6) is 1.23. The number of amides is 1. The van der Waals surface area contributed by atoms with Crippen LogP contribution in [0.25, 0.3) is 0 Å². The number of aromatic amines is 2. The summed E-state index contributed by atoms with van der Waals surface area (Å²) in [7, 11) is 0. The lowest BCUT2D eigenvalue weighted by atomic mass is 10.3. The Labute approximate surface area is 118 Å². The van der Waals surface area contributed by atoms with Crippen LogP contribution in [0.4, 0.5) is 0 Å². The van der Waals surface area contributed by atoms with E-state index in [0.29, 0.717) is 10.7 Å². The van der Waals surface area contributed by atoms with Crippen LogP contribution < -0.4 is 11.0 Å². The highest BCUT2D eigenvalue weighted by molar-refractivity contribution is 8.01. The Balaban J connectivity index is 2.01. The second-order valence-electron chi connectivity index (χ2n) is 3.81. The van der Waals surface area contributed by atoms with E-state index in [-0.39, 0.29) is 17.6 Å². The van der Waals surface area contributed by atoms with Gasteiger partial charge in [-0.3, -0.25) is 9.78 Å². The third kappa shape index (κ3) is 3.48. The van der Waals surface area contributed by atoms with Gasteiger partial charge in [-0.05, 0) is 24.8 Å². The topological polar surface area (TPSA) is 90.6 Å². The smallest absolute Gasteiger partial charge is 0.340 e. The number of nitrogens with one attached hydrogen (secondary N) is 3. The summed E-state index contributed by atoms with van der Waals surface area (Å²) in [6, 6.07) is 3.39. The molecule has 3 N–H and O–H groups in total. The maximum atomic E-state index is 12.0. The minimum absolute atomic E-state index is 0.163. The van der Waals surface area contributed by atoms with Crippen LogP contribution in [0.15, 0.2) is 21.1 Å². The van der Waals surface area contributed by atoms with E-state index in [2.05, 4.69) is 27.4 Å². The van der Waals surface area contributed by atoms with Gasteiger partial charge in [-0.15, -0.1) is 23.1 Å². The minimum atomic E-state index is -0.381. The minimum Gasteiger partial charge on any atom is -0.342 e. The summed E-state index contributed by atoms with van der Waals surface area (Å²) in [6.45, 7) is 3.83. The van der Waals surface area contributed by atoms with E-state index in [0.717, 1.165) is 9.96 Å². The highest BCUT2D eigenvalue weighted by atomic mass is 32.2. The van der Waals surface area contributed by atoms with Gasteiger partial charge in [0.25, 0.3) is 5.91 Å². The Bertz CT molecular complexity index is 616. The maximum absolute atomic E-state index is 12.0. The van der Waals surface area contributed by atoms with Crippen LogP contribution in [-0.2, 0) is 0 Å². The summed E-state index contributed by atoms with van der Waals surface area (Å²) in [4.78, 5) is 26.1. The molecule has 2 heterocycles. The standard InChI is InChI=1S/C11H14N4O2S2/c1-3-18-8-5-4-7(19-8)10(16)12-6(2)9-13-11(17)15-14-9/h4-6H,3H2,1-2H3,(H,12,16)(H2,13,14,15,17). The quantitative estimate of drug-likeness (QED) is 0.734. The highest BCUT2D eigenvalue weighted by Crippen LogP contribution is 2.27. The number of carbonyl (C=O) groups excluding carboxylic acids is 1. The number of aromatic nitrogens is 3. The van der Waals surface area contributed by atoms with Crippen LogP contribution in [0.2, 0.25) is 0 Å². The van der Waals surface area contributed by atoms with E-state index in [1.165, 1.54) is 11.3 Å². The van der Waals surface area contributed by atoms with Gasteiger partial charge in [-0.2, -0.15) is 5.10 Å². The number of H-pyrrole nitrogens is 2. The molecule has 102 valence electrons. The van der Waals surface area contributed by atoms with E-state index >= 15 is 0 Å². The molecular formula is C11H14N4O2S2. The molecule has 0 aliphatic heterocycles. The fourth-order valence-electron chi connectivity index (χ4n) is 1.49. The molecule has 2 aromatic rings. The van der Waals surface area contributed by atoms with Crippen molar-refractivity contribution in [3.8, 4) is 0 Å². The summed E-state index contributed by atoms with van der Waals surface area (Å²) in [6.07, 6.45) is 0. The lowest BCUT2D eigenvalue weighted by Crippen LogP contribution is -2.26. The third-order valence-electron chi connectivity index (χ3n) is 2.37. The summed E-state index contributed by atoms with van der Waals surface area (Å²) in [5, 5.41) is 8.85. The van der Waals surface area contributed by atoms with Crippen LogP contribution in [0.1, 0.15) is 35.4 Å². The van der Waals surface area contributed by atoms with Gasteiger partial charge in [0.15, 0.2) is 5.82 Å². The Morgan fingerprint density at radius 1 is 1.58 bits per heavy atom. The normalized spacial score (nSPS) is 12.3. The van der Waals surface area contributed by atoms with E-state index in [4.69, 9.17) is 0 Å². The number of rotatable bonds is 5. The first-order valence-electron chi connectivity index (χ1n) is 5.78. The molecule has 0 fully saturated rings. The van der Waals surface area contributed by atoms with Crippen molar-refractivity contribution in [2.45, 2.75) is 24.1 Å². The van der Waals surface area contributed by atoms with Crippen molar-refractivity contribution in [3.05, 3.63) is 33.3 Å². The molecule has 0 aromatic carbocycles. The molecule has 0 saturated carbocycles. The van der Waals surface area contributed by atoms with Crippen molar-refractivity contribution in [1.82, 2.24) is 20.5 Å². The Morgan fingerprint density at radius 2 is 2.37 bits per heavy atom. The molecule has 0 aliphatic carbocycles. The molecule has 0 aliphatic rings. The molecule has 6 nitrogen and oxygen atoms in total. The lowest BCUT2D eigenvalue weighted by Gasteiger charge is -2.09. The molecule has 8 heteroatoms. The first-order chi connectivity index (χ1) is 9.10. The van der Waals surface area contributed by atoms with Crippen LogP contribution in [-0.4, -0.2) is 26.8 Å². The Morgan fingerprint density at radius 3 is 3.00 bits per heavy atom. The fraction of sp³-hybridized carbons (Fsp3) is 0.364. The first kappa shape index (κ1) is 13.9. The van der Waals surface area contributed by atoms with Crippen molar-refractivity contribution in [2.24, 2.45) is 0 Å². The zero-order chi connectivity index (χ0) is 13.8. The number of thiophene rings is 1. The zero-order valence-corrected chi connectivity index (χ0v) is 12.2. The number of carbonyl (C=O) groups is 1. The van der Waals surface area contributed by atoms with Gasteiger partial charge in [-0.1, -0.05) is 6.92 Å². The van der Waals surface area contributed by atoms with Crippen molar-refractivity contribution < 1.29 is 4.79 Å². The largest absolute Gasteiger partial charge is 0.342 e. The van der Waals surface area contributed by atoms with Gasteiger partial charge >= 0.3 is 5.69 Å². The average molecular weight is 298 g/mol. The van der Waals surface area contributed by atoms with Gasteiger partial charge in [0.1, 0.15) is 0 Å². The number of hydrogen-bond donors (Lipinski definition) is 3. The molecule has 0 spiro atoms. The van der Waals surface area contributed by atoms with E-state index in [1.54, 1.807) is 24.8 Å². The van der Waals surface area contributed by atoms with Crippen molar-refractivity contribution in [3.63, 3.8) is 0 Å². The SMILES string of the molecule is CCSc1ccc(C(=O)NC(C)c2n[nH]c(=O)[nH]2)s1. The molecular weight excluding hydrogens is 284 g/mol. The monoisotopic (exact) mass is 298 g/mol. The van der Waals surface area contributed by atoms with Crippen molar-refractivity contribution in [2.75, 3.05) is 5.75 Å². The van der Waals surface area contributed by atoms with Gasteiger partial charge in [0.2, 0.25) is 0 Å². The van der Waals surface area contributed by atoms with E-state index in [1.807, 2.05) is 6.07 Å². The Hall–Kier alpha value is -1.54. The molecule has 1 atom stereocenters. The lowest BCUT2D eigenvalue weighted by molar-refractivity contribution is 0.0942. The van der Waals surface area contributed by atoms with Gasteiger partial charge in [0.05, 0.1) is 15.1 Å². The van der Waals surface area contributed by atoms with Crippen LogP contribution in [0.3, 0.4) is 0 Å². The van der Waals surface area contributed by atoms with E-state index in [9.17, 15) is 9.59 Å². The zero-order valence-electron chi connectivity index (χ0n) is 10.5. The summed E-state index contributed by atoms with van der Waals surface area (Å²) < 4.78 is 1.12. The number of thioether (sulfide) groups is 1. The van der Waals surface area contributed by atoms with Gasteiger partial charge < -0.3 is 5.32 Å². The second-order valence-corrected chi connectivity index (χ2v) is 6.46. The highest BCUT2D eigenvalue weighted by Gasteiger charge is 2.15. The van der Waals surface area contributed by atoms with Crippen LogP contribution >= 0.6 is 23.1 Å². The molecule has 1 amide bonds. The summed E-state index contributed by atoms with van der Waals surface area (Å²) in [5.41, 5.74) is -0.381. The van der Waals surface area contributed by atoms with Gasteiger partial charge in [0, 0.05) is 0 Å². The van der Waals surface area contributed by atoms with Crippen LogP contribution in [0, 0.1) is 0 Å². The predicted octanol–water partition coefficient (Wildman–Crippen LogP) is 1.76. The van der Waals surface area contributed by atoms with Gasteiger partial charge in [-0.25, -0.2) is 9.89 Å². The number of hydrogen-bond acceptors (Lipinski definition) is 5. The molecule has 19 heavy (non-hydrogen) atoms. The fourth-order valence-corrected chi connectivity index (χ4v) is 3.43. The van der Waals surface area contributed by atoms with Crippen LogP contribution in [0.5, 0.6) is 0 Å². The third-order valence-corrected chi connectivity index (χ3v) is 4.56. The maximum Gasteiger partial charge on any atom is 0.340 e.